The van der Waals surface area contributed by atoms with Crippen molar-refractivity contribution in [1.82, 2.24) is 5.32 Å². The number of urea groups is 1. The van der Waals surface area contributed by atoms with Crippen molar-refractivity contribution in [1.29, 1.82) is 0 Å². The number of benzene rings is 1. The highest BCUT2D eigenvalue weighted by Crippen LogP contribution is 2.15. The van der Waals surface area contributed by atoms with E-state index in [-0.39, 0.29) is 17.6 Å². The van der Waals surface area contributed by atoms with Gasteiger partial charge in [-0.15, -0.1) is 0 Å². The van der Waals surface area contributed by atoms with Crippen molar-refractivity contribution in [2.45, 2.75) is 25.8 Å². The number of carbonyl (C=O) groups excluding carboxylic acids is 1. The number of amides is 2. The van der Waals surface area contributed by atoms with E-state index in [0.29, 0.717) is 11.3 Å². The molecular weight excluding hydrogens is 244 g/mol. The largest absolute Gasteiger partial charge is 0.478 e. The van der Waals surface area contributed by atoms with E-state index in [4.69, 9.17) is 5.11 Å². The monoisotopic (exact) mass is 260 g/mol. The molecule has 0 heterocycles. The smallest absolute Gasteiger partial charge is 0.335 e. The normalized spacial score (nSPS) is 14.4. The molecule has 0 atom stereocenters. The highest BCUT2D eigenvalue weighted by Gasteiger charge is 2.13. The van der Waals surface area contributed by atoms with Crippen LogP contribution in [0.2, 0.25) is 0 Å². The molecule has 0 saturated heterocycles. The zero-order valence-electron chi connectivity index (χ0n) is 10.6. The number of nitrogens with one attached hydrogen (secondary N) is 2. The molecule has 0 bridgehead atoms. The van der Waals surface area contributed by atoms with E-state index in [1.165, 1.54) is 6.07 Å². The van der Waals surface area contributed by atoms with Gasteiger partial charge in [0.05, 0.1) is 5.56 Å². The average molecular weight is 260 g/mol. The molecule has 3 N–H and O–H groups in total. The van der Waals surface area contributed by atoms with Crippen molar-refractivity contribution in [2.24, 2.45) is 0 Å². The van der Waals surface area contributed by atoms with Crippen LogP contribution in [0.15, 0.2) is 30.4 Å². The van der Waals surface area contributed by atoms with Crippen LogP contribution < -0.4 is 10.6 Å². The number of anilines is 1. The van der Waals surface area contributed by atoms with E-state index >= 15 is 0 Å². The number of carbonyl (C=O) groups is 2. The van der Waals surface area contributed by atoms with Gasteiger partial charge in [0.1, 0.15) is 0 Å². The maximum atomic E-state index is 11.7. The highest BCUT2D eigenvalue weighted by atomic mass is 16.4. The van der Waals surface area contributed by atoms with Gasteiger partial charge in [-0.2, -0.15) is 0 Å². The molecule has 0 unspecified atom stereocenters. The molecule has 2 amide bonds. The Hall–Kier alpha value is -2.30. The summed E-state index contributed by atoms with van der Waals surface area (Å²) in [7, 11) is 0. The van der Waals surface area contributed by atoms with Crippen LogP contribution in [0.5, 0.6) is 0 Å². The Morgan fingerprint density at radius 2 is 1.95 bits per heavy atom. The van der Waals surface area contributed by atoms with Crippen LogP contribution in [0.1, 0.15) is 28.8 Å². The van der Waals surface area contributed by atoms with Crippen molar-refractivity contribution in [3.63, 3.8) is 0 Å². The van der Waals surface area contributed by atoms with Crippen molar-refractivity contribution >= 4 is 17.7 Å². The predicted molar refractivity (Wildman–Crippen MR) is 72.5 cm³/mol. The van der Waals surface area contributed by atoms with Crippen LogP contribution in [0.4, 0.5) is 10.5 Å². The number of hydrogen-bond acceptors (Lipinski definition) is 2. The molecule has 5 nitrogen and oxygen atoms in total. The minimum atomic E-state index is -0.967. The average Bonchev–Trinajstić information content (AvgIpc) is 2.81. The molecular formula is C14H16N2O3. The second kappa shape index (κ2) is 5.56. The summed E-state index contributed by atoms with van der Waals surface area (Å²) in [5.41, 5.74) is 1.45. The fourth-order valence-electron chi connectivity index (χ4n) is 2.07. The SMILES string of the molecule is Cc1cc(NC(=O)NC2CC=CC2)ccc1C(=O)O. The van der Waals surface area contributed by atoms with Gasteiger partial charge in [-0.3, -0.25) is 0 Å². The van der Waals surface area contributed by atoms with Crippen LogP contribution in [-0.2, 0) is 0 Å². The lowest BCUT2D eigenvalue weighted by atomic mass is 10.1. The van der Waals surface area contributed by atoms with Gasteiger partial charge in [0.2, 0.25) is 0 Å². The fourth-order valence-corrected chi connectivity index (χ4v) is 2.07. The Kier molecular flexibility index (Phi) is 3.85. The first-order valence-electron chi connectivity index (χ1n) is 6.12. The van der Waals surface area contributed by atoms with Crippen LogP contribution in [0.25, 0.3) is 0 Å². The third-order valence-electron chi connectivity index (χ3n) is 3.06. The fraction of sp³-hybridized carbons (Fsp3) is 0.286. The molecule has 1 aliphatic rings. The number of rotatable bonds is 3. The summed E-state index contributed by atoms with van der Waals surface area (Å²) in [6, 6.07) is 4.61. The van der Waals surface area contributed by atoms with E-state index in [0.717, 1.165) is 12.8 Å². The summed E-state index contributed by atoms with van der Waals surface area (Å²) in [5.74, 6) is -0.967. The first-order chi connectivity index (χ1) is 9.06. The third-order valence-corrected chi connectivity index (χ3v) is 3.06. The van der Waals surface area contributed by atoms with Gasteiger partial charge in [0.25, 0.3) is 0 Å². The summed E-state index contributed by atoms with van der Waals surface area (Å²) in [6.07, 6.45) is 5.78. The van der Waals surface area contributed by atoms with Gasteiger partial charge < -0.3 is 15.7 Å². The molecule has 0 aromatic heterocycles. The predicted octanol–water partition coefficient (Wildman–Crippen LogP) is 2.53. The van der Waals surface area contributed by atoms with Crippen LogP contribution in [0, 0.1) is 6.92 Å². The lowest BCUT2D eigenvalue weighted by Gasteiger charge is -2.13. The van der Waals surface area contributed by atoms with Crippen molar-refractivity contribution in [3.05, 3.63) is 41.5 Å². The molecule has 0 fully saturated rings. The van der Waals surface area contributed by atoms with Crippen molar-refractivity contribution in [2.75, 3.05) is 5.32 Å². The van der Waals surface area contributed by atoms with Gasteiger partial charge in [0, 0.05) is 11.7 Å². The van der Waals surface area contributed by atoms with Gasteiger partial charge in [-0.1, -0.05) is 12.2 Å². The summed E-state index contributed by atoms with van der Waals surface area (Å²) >= 11 is 0. The first kappa shape index (κ1) is 13.1. The lowest BCUT2D eigenvalue weighted by molar-refractivity contribution is 0.0696. The second-order valence-electron chi connectivity index (χ2n) is 4.57. The van der Waals surface area contributed by atoms with Gasteiger partial charge in [-0.05, 0) is 43.5 Å². The van der Waals surface area contributed by atoms with Crippen molar-refractivity contribution in [3.8, 4) is 0 Å². The quantitative estimate of drug-likeness (QED) is 0.731. The third kappa shape index (κ3) is 3.34. The van der Waals surface area contributed by atoms with E-state index in [2.05, 4.69) is 10.6 Å². The molecule has 0 saturated carbocycles. The van der Waals surface area contributed by atoms with Crippen molar-refractivity contribution < 1.29 is 14.7 Å². The molecule has 1 aromatic rings. The molecule has 19 heavy (non-hydrogen) atoms. The minimum absolute atomic E-state index is 0.152. The van der Waals surface area contributed by atoms with Crippen LogP contribution in [-0.4, -0.2) is 23.1 Å². The number of carboxylic acid groups (broad SMARTS) is 1. The van der Waals surface area contributed by atoms with E-state index in [1.54, 1.807) is 19.1 Å². The van der Waals surface area contributed by atoms with E-state index in [1.807, 2.05) is 12.2 Å². The number of hydrogen-bond donors (Lipinski definition) is 3. The second-order valence-corrected chi connectivity index (χ2v) is 4.57. The Bertz CT molecular complexity index is 529. The number of aromatic carboxylic acids is 1. The Morgan fingerprint density at radius 1 is 1.26 bits per heavy atom. The summed E-state index contributed by atoms with van der Waals surface area (Å²) in [6.45, 7) is 1.70. The van der Waals surface area contributed by atoms with Crippen LogP contribution in [0.3, 0.4) is 0 Å². The topological polar surface area (TPSA) is 78.4 Å². The highest BCUT2D eigenvalue weighted by molar-refractivity contribution is 5.92. The molecule has 5 heteroatoms. The summed E-state index contributed by atoms with van der Waals surface area (Å²) < 4.78 is 0. The molecule has 1 aromatic carbocycles. The minimum Gasteiger partial charge on any atom is -0.478 e. The molecule has 0 spiro atoms. The number of carboxylic acids is 1. The summed E-state index contributed by atoms with van der Waals surface area (Å²) in [4.78, 5) is 22.6. The van der Waals surface area contributed by atoms with E-state index < -0.39 is 5.97 Å². The van der Waals surface area contributed by atoms with Gasteiger partial charge >= 0.3 is 12.0 Å². The Morgan fingerprint density at radius 3 is 2.53 bits per heavy atom. The molecule has 0 aliphatic heterocycles. The first-order valence-corrected chi connectivity index (χ1v) is 6.12. The van der Waals surface area contributed by atoms with Gasteiger partial charge in [-0.25, -0.2) is 9.59 Å². The maximum Gasteiger partial charge on any atom is 0.335 e. The van der Waals surface area contributed by atoms with Crippen LogP contribution >= 0.6 is 0 Å². The Labute approximate surface area is 111 Å². The molecule has 100 valence electrons. The van der Waals surface area contributed by atoms with Gasteiger partial charge in [0.15, 0.2) is 0 Å². The standard InChI is InChI=1S/C14H16N2O3/c1-9-8-11(6-7-12(9)13(17)18)16-14(19)15-10-4-2-3-5-10/h2-3,6-8,10H,4-5H2,1H3,(H,17,18)(H2,15,16,19). The van der Waals surface area contributed by atoms with E-state index in [9.17, 15) is 9.59 Å². The summed E-state index contributed by atoms with van der Waals surface area (Å²) in [5, 5.41) is 14.5. The molecule has 1 aliphatic carbocycles. The Balaban J connectivity index is 1.97. The molecule has 2 rings (SSSR count). The number of aryl methyl sites for hydroxylation is 1. The zero-order valence-corrected chi connectivity index (χ0v) is 10.6. The lowest BCUT2D eigenvalue weighted by Crippen LogP contribution is -2.36. The maximum absolute atomic E-state index is 11.7. The zero-order chi connectivity index (χ0) is 13.8. The molecule has 0 radical (unpaired) electrons.